The van der Waals surface area contributed by atoms with E-state index in [-0.39, 0.29) is 12.1 Å². The van der Waals surface area contributed by atoms with E-state index in [1.54, 1.807) is 10.6 Å². The minimum atomic E-state index is -2.62. The molecule has 1 unspecified atom stereocenters. The van der Waals surface area contributed by atoms with E-state index in [4.69, 9.17) is 0 Å². The highest BCUT2D eigenvalue weighted by Crippen LogP contribution is 2.18. The zero-order valence-corrected chi connectivity index (χ0v) is 14.2. The van der Waals surface area contributed by atoms with E-state index >= 15 is 0 Å². The van der Waals surface area contributed by atoms with Crippen LogP contribution in [0.25, 0.3) is 0 Å². The van der Waals surface area contributed by atoms with E-state index in [2.05, 4.69) is 20.2 Å². The Morgan fingerprint density at radius 1 is 1.16 bits per heavy atom. The Kier molecular flexibility index (Phi) is 5.22. The Hall–Kier alpha value is -2.55. The molecule has 0 N–H and O–H groups in total. The van der Waals surface area contributed by atoms with E-state index in [9.17, 15) is 13.0 Å². The predicted octanol–water partition coefficient (Wildman–Crippen LogP) is 2.59. The molecule has 0 saturated carbocycles. The molecule has 130 valence electrons. The van der Waals surface area contributed by atoms with E-state index in [1.165, 1.54) is 12.4 Å². The molecular formula is C16H15F2N5OS. The summed E-state index contributed by atoms with van der Waals surface area (Å²) in [6.07, 6.45) is 1.94. The molecule has 0 fully saturated rings. The van der Waals surface area contributed by atoms with Crippen molar-refractivity contribution in [3.63, 3.8) is 0 Å². The summed E-state index contributed by atoms with van der Waals surface area (Å²) in [4.78, 5) is 8.51. The Labute approximate surface area is 145 Å². The van der Waals surface area contributed by atoms with Crippen LogP contribution in [0.4, 0.5) is 14.5 Å². The van der Waals surface area contributed by atoms with Crippen molar-refractivity contribution in [2.24, 2.45) is 10.2 Å². The number of halogens is 2. The van der Waals surface area contributed by atoms with Gasteiger partial charge in [-0.3, -0.25) is 14.3 Å². The van der Waals surface area contributed by atoms with Crippen LogP contribution in [-0.2, 0) is 17.5 Å². The lowest BCUT2D eigenvalue weighted by molar-refractivity contribution is 0.224. The fourth-order valence-electron chi connectivity index (χ4n) is 2.29. The Morgan fingerprint density at radius 2 is 1.92 bits per heavy atom. The number of hydrogen-bond donors (Lipinski definition) is 0. The van der Waals surface area contributed by atoms with Crippen LogP contribution in [0.15, 0.2) is 52.9 Å². The molecule has 9 heteroatoms. The van der Waals surface area contributed by atoms with Gasteiger partial charge in [-0.1, -0.05) is 18.2 Å². The summed E-state index contributed by atoms with van der Waals surface area (Å²) in [5, 5.41) is 7.20. The molecule has 1 aliphatic rings. The van der Waals surface area contributed by atoms with Crippen molar-refractivity contribution >= 4 is 28.1 Å². The molecule has 0 spiro atoms. The molecule has 25 heavy (non-hydrogen) atoms. The highest BCUT2D eigenvalue weighted by atomic mass is 32.2. The normalized spacial score (nSPS) is 15.0. The standard InChI is InChI=1S/C16H15F2N5OS/c1-25(24)23(12-5-3-2-4-6-12)10-11-8-20-15(9-19-11)13-7-14(16(17)18)22-21-13/h2-6,8-9,16H,7,10H2,1H3. The second-order valence-electron chi connectivity index (χ2n) is 5.30. The molecule has 0 saturated heterocycles. The fourth-order valence-corrected chi connectivity index (χ4v) is 3.02. The highest BCUT2D eigenvalue weighted by Gasteiger charge is 2.22. The number of para-hydroxylation sites is 1. The van der Waals surface area contributed by atoms with Crippen LogP contribution in [-0.4, -0.2) is 38.3 Å². The molecule has 0 radical (unpaired) electrons. The first-order valence-corrected chi connectivity index (χ1v) is 8.95. The van der Waals surface area contributed by atoms with Crippen LogP contribution >= 0.6 is 0 Å². The average Bonchev–Trinajstić information content (AvgIpc) is 3.11. The number of anilines is 1. The summed E-state index contributed by atoms with van der Waals surface area (Å²) in [6.45, 7) is 0.311. The van der Waals surface area contributed by atoms with Gasteiger partial charge in [-0.2, -0.15) is 10.2 Å². The summed E-state index contributed by atoms with van der Waals surface area (Å²) in [5.74, 6) is 0. The Balaban J connectivity index is 1.71. The summed E-state index contributed by atoms with van der Waals surface area (Å²) in [6, 6.07) is 9.33. The molecule has 0 bridgehead atoms. The van der Waals surface area contributed by atoms with Gasteiger partial charge in [-0.05, 0) is 12.1 Å². The van der Waals surface area contributed by atoms with Gasteiger partial charge in [-0.15, -0.1) is 0 Å². The van der Waals surface area contributed by atoms with Gasteiger partial charge in [0.1, 0.15) is 22.4 Å². The van der Waals surface area contributed by atoms with E-state index in [0.717, 1.165) is 5.69 Å². The van der Waals surface area contributed by atoms with Gasteiger partial charge in [0, 0.05) is 18.4 Å². The lowest BCUT2D eigenvalue weighted by Gasteiger charge is -2.20. The van der Waals surface area contributed by atoms with Crippen molar-refractivity contribution < 1.29 is 13.0 Å². The lowest BCUT2D eigenvalue weighted by atomic mass is 10.1. The minimum absolute atomic E-state index is 0.0270. The number of rotatable bonds is 6. The monoisotopic (exact) mass is 363 g/mol. The van der Waals surface area contributed by atoms with Crippen LogP contribution in [0.5, 0.6) is 0 Å². The van der Waals surface area contributed by atoms with Crippen LogP contribution in [0.1, 0.15) is 17.8 Å². The zero-order valence-electron chi connectivity index (χ0n) is 13.3. The molecule has 1 aliphatic heterocycles. The number of benzene rings is 1. The smallest absolute Gasteiger partial charge is 0.278 e. The Morgan fingerprint density at radius 3 is 2.48 bits per heavy atom. The number of alkyl halides is 2. The van der Waals surface area contributed by atoms with Crippen molar-refractivity contribution in [3.8, 4) is 0 Å². The molecular weight excluding hydrogens is 348 g/mol. The van der Waals surface area contributed by atoms with Gasteiger partial charge < -0.3 is 0 Å². The highest BCUT2D eigenvalue weighted by molar-refractivity contribution is 7.85. The minimum Gasteiger partial charge on any atom is -0.286 e. The van der Waals surface area contributed by atoms with Gasteiger partial charge in [0.15, 0.2) is 0 Å². The van der Waals surface area contributed by atoms with Crippen LogP contribution in [0.3, 0.4) is 0 Å². The number of aromatic nitrogens is 2. The second kappa shape index (κ2) is 7.56. The molecule has 1 aromatic heterocycles. The molecule has 0 amide bonds. The van der Waals surface area contributed by atoms with Crippen molar-refractivity contribution in [3.05, 3.63) is 54.1 Å². The largest absolute Gasteiger partial charge is 0.286 e. The van der Waals surface area contributed by atoms with Crippen molar-refractivity contribution in [1.82, 2.24) is 9.97 Å². The van der Waals surface area contributed by atoms with E-state index in [0.29, 0.717) is 23.6 Å². The van der Waals surface area contributed by atoms with Gasteiger partial charge in [-0.25, -0.2) is 13.0 Å². The van der Waals surface area contributed by atoms with Crippen LogP contribution in [0, 0.1) is 0 Å². The average molecular weight is 363 g/mol. The summed E-state index contributed by atoms with van der Waals surface area (Å²) in [5.41, 5.74) is 1.93. The molecule has 3 rings (SSSR count). The van der Waals surface area contributed by atoms with E-state index in [1.807, 2.05) is 30.3 Å². The molecule has 0 aliphatic carbocycles. The summed E-state index contributed by atoms with van der Waals surface area (Å²) < 4.78 is 38.9. The second-order valence-corrected chi connectivity index (χ2v) is 6.59. The molecule has 1 aromatic carbocycles. The van der Waals surface area contributed by atoms with Crippen LogP contribution < -0.4 is 4.31 Å². The SMILES string of the molecule is CS(=O)N(Cc1cnc(C2=NN=C(C(F)F)C2)cn1)c1ccccc1. The third-order valence-electron chi connectivity index (χ3n) is 3.56. The predicted molar refractivity (Wildman–Crippen MR) is 93.3 cm³/mol. The first kappa shape index (κ1) is 17.3. The quantitative estimate of drug-likeness (QED) is 0.792. The maximum Gasteiger partial charge on any atom is 0.278 e. The lowest BCUT2D eigenvalue weighted by Crippen LogP contribution is -2.25. The number of nitrogens with zero attached hydrogens (tertiary/aromatic N) is 5. The third kappa shape index (κ3) is 4.11. The maximum absolute atomic E-state index is 12.6. The molecule has 2 heterocycles. The summed E-state index contributed by atoms with van der Waals surface area (Å²) >= 11 is 0. The van der Waals surface area contributed by atoms with Crippen molar-refractivity contribution in [1.29, 1.82) is 0 Å². The van der Waals surface area contributed by atoms with Crippen molar-refractivity contribution in [2.45, 2.75) is 19.4 Å². The first-order chi connectivity index (χ1) is 12.0. The van der Waals surface area contributed by atoms with Gasteiger partial charge in [0.2, 0.25) is 0 Å². The number of hydrogen-bond acceptors (Lipinski definition) is 5. The van der Waals surface area contributed by atoms with Crippen molar-refractivity contribution in [2.75, 3.05) is 10.6 Å². The molecule has 6 nitrogen and oxygen atoms in total. The fraction of sp³-hybridized carbons (Fsp3) is 0.250. The third-order valence-corrected chi connectivity index (χ3v) is 4.52. The van der Waals surface area contributed by atoms with Gasteiger partial charge >= 0.3 is 0 Å². The van der Waals surface area contributed by atoms with Gasteiger partial charge in [0.05, 0.1) is 30.3 Å². The zero-order chi connectivity index (χ0) is 17.8. The van der Waals surface area contributed by atoms with Crippen LogP contribution in [0.2, 0.25) is 0 Å². The summed E-state index contributed by atoms with van der Waals surface area (Å²) in [7, 11) is -1.23. The van der Waals surface area contributed by atoms with E-state index < -0.39 is 17.4 Å². The topological polar surface area (TPSA) is 70.8 Å². The Bertz CT molecular complexity index is 824. The maximum atomic E-state index is 12.6. The molecule has 2 aromatic rings. The first-order valence-electron chi connectivity index (χ1n) is 7.43. The van der Waals surface area contributed by atoms with Gasteiger partial charge in [0.25, 0.3) is 6.43 Å². The molecule has 1 atom stereocenters.